The largest absolute Gasteiger partial charge is 0.298 e. The Morgan fingerprint density at radius 1 is 1.14 bits per heavy atom. The van der Waals surface area contributed by atoms with Gasteiger partial charge in [-0.3, -0.25) is 9.58 Å². The molecule has 2 aromatic rings. The SMILES string of the molecule is Cc1nn([C@H]2CCS(=O)(=O)C2)c(C)c1CN(C)Cc1ccc(C(C)(C)C)cc1. The zero-order valence-corrected chi connectivity index (χ0v) is 18.8. The van der Waals surface area contributed by atoms with Gasteiger partial charge in [0, 0.05) is 24.3 Å². The van der Waals surface area contributed by atoms with Crippen LogP contribution in [0.3, 0.4) is 0 Å². The molecule has 0 amide bonds. The molecule has 1 saturated heterocycles. The molecule has 2 heterocycles. The molecule has 3 rings (SSSR count). The van der Waals surface area contributed by atoms with Gasteiger partial charge in [-0.25, -0.2) is 8.42 Å². The predicted octanol–water partition coefficient (Wildman–Crippen LogP) is 3.79. The maximum absolute atomic E-state index is 11.8. The van der Waals surface area contributed by atoms with E-state index in [4.69, 9.17) is 0 Å². The summed E-state index contributed by atoms with van der Waals surface area (Å²) in [5.74, 6) is 0.486. The molecule has 0 bridgehead atoms. The minimum absolute atomic E-state index is 0.0206. The highest BCUT2D eigenvalue weighted by atomic mass is 32.2. The molecule has 1 fully saturated rings. The Kier molecular flexibility index (Phi) is 5.74. The molecule has 0 saturated carbocycles. The van der Waals surface area contributed by atoms with Gasteiger partial charge in [-0.15, -0.1) is 0 Å². The fourth-order valence-corrected chi connectivity index (χ4v) is 5.69. The van der Waals surface area contributed by atoms with Gasteiger partial charge in [-0.1, -0.05) is 45.0 Å². The highest BCUT2D eigenvalue weighted by Crippen LogP contribution is 2.27. The van der Waals surface area contributed by atoms with Crippen LogP contribution in [0, 0.1) is 13.8 Å². The van der Waals surface area contributed by atoms with Crippen molar-refractivity contribution in [3.63, 3.8) is 0 Å². The lowest BCUT2D eigenvalue weighted by Gasteiger charge is -2.21. The molecule has 1 aliphatic heterocycles. The van der Waals surface area contributed by atoms with Crippen LogP contribution in [-0.2, 0) is 28.3 Å². The molecule has 0 N–H and O–H groups in total. The van der Waals surface area contributed by atoms with Crippen molar-refractivity contribution in [2.75, 3.05) is 18.6 Å². The monoisotopic (exact) mass is 403 g/mol. The molecule has 6 heteroatoms. The van der Waals surface area contributed by atoms with E-state index >= 15 is 0 Å². The molecule has 0 spiro atoms. The summed E-state index contributed by atoms with van der Waals surface area (Å²) >= 11 is 0. The smallest absolute Gasteiger partial charge is 0.152 e. The van der Waals surface area contributed by atoms with Crippen LogP contribution in [0.5, 0.6) is 0 Å². The highest BCUT2D eigenvalue weighted by Gasteiger charge is 2.31. The van der Waals surface area contributed by atoms with Crippen molar-refractivity contribution in [1.29, 1.82) is 0 Å². The van der Waals surface area contributed by atoms with Crippen molar-refractivity contribution in [1.82, 2.24) is 14.7 Å². The van der Waals surface area contributed by atoms with E-state index in [9.17, 15) is 8.42 Å². The Labute approximate surface area is 169 Å². The third kappa shape index (κ3) is 4.66. The first-order valence-electron chi connectivity index (χ1n) is 9.99. The molecule has 0 unspecified atom stereocenters. The second kappa shape index (κ2) is 7.64. The number of sulfone groups is 1. The maximum atomic E-state index is 11.8. The average molecular weight is 404 g/mol. The van der Waals surface area contributed by atoms with Crippen LogP contribution in [0.4, 0.5) is 0 Å². The van der Waals surface area contributed by atoms with Crippen LogP contribution in [0.25, 0.3) is 0 Å². The molecule has 1 aromatic carbocycles. The van der Waals surface area contributed by atoms with E-state index in [2.05, 4.69) is 69.0 Å². The first-order chi connectivity index (χ1) is 13.0. The molecule has 154 valence electrons. The topological polar surface area (TPSA) is 55.2 Å². The van der Waals surface area contributed by atoms with E-state index in [1.54, 1.807) is 0 Å². The second-order valence-electron chi connectivity index (χ2n) is 9.27. The first kappa shape index (κ1) is 21.1. The summed E-state index contributed by atoms with van der Waals surface area (Å²) in [6, 6.07) is 8.84. The lowest BCUT2D eigenvalue weighted by Crippen LogP contribution is -2.19. The highest BCUT2D eigenvalue weighted by molar-refractivity contribution is 7.91. The normalized spacial score (nSPS) is 19.5. The fraction of sp³-hybridized carbons (Fsp3) is 0.591. The van der Waals surface area contributed by atoms with Crippen LogP contribution < -0.4 is 0 Å². The van der Waals surface area contributed by atoms with E-state index in [0.29, 0.717) is 6.42 Å². The van der Waals surface area contributed by atoms with Crippen LogP contribution in [-0.4, -0.2) is 41.7 Å². The van der Waals surface area contributed by atoms with Crippen LogP contribution >= 0.6 is 0 Å². The van der Waals surface area contributed by atoms with Gasteiger partial charge in [0.05, 0.1) is 23.2 Å². The van der Waals surface area contributed by atoms with Gasteiger partial charge in [0.1, 0.15) is 0 Å². The summed E-state index contributed by atoms with van der Waals surface area (Å²) < 4.78 is 25.6. The first-order valence-corrected chi connectivity index (χ1v) is 11.8. The van der Waals surface area contributed by atoms with E-state index in [1.807, 2.05) is 11.6 Å². The summed E-state index contributed by atoms with van der Waals surface area (Å²) in [6.45, 7) is 12.4. The van der Waals surface area contributed by atoms with Crippen molar-refractivity contribution < 1.29 is 8.42 Å². The number of aryl methyl sites for hydroxylation is 1. The van der Waals surface area contributed by atoms with E-state index in [0.717, 1.165) is 24.5 Å². The molecular formula is C22H33N3O2S. The number of hydrogen-bond acceptors (Lipinski definition) is 4. The van der Waals surface area contributed by atoms with Crippen LogP contribution in [0.2, 0.25) is 0 Å². The van der Waals surface area contributed by atoms with Gasteiger partial charge in [-0.2, -0.15) is 5.10 Å². The lowest BCUT2D eigenvalue weighted by molar-refractivity contribution is 0.317. The molecule has 1 aromatic heterocycles. The summed E-state index contributed by atoms with van der Waals surface area (Å²) in [5.41, 5.74) is 6.10. The fourth-order valence-electron chi connectivity index (χ4n) is 4.00. The summed E-state index contributed by atoms with van der Waals surface area (Å²) in [4.78, 5) is 2.29. The minimum atomic E-state index is -2.91. The number of rotatable bonds is 5. The molecule has 1 atom stereocenters. The average Bonchev–Trinajstić information content (AvgIpc) is 3.08. The minimum Gasteiger partial charge on any atom is -0.298 e. The Bertz CT molecular complexity index is 937. The Hall–Kier alpha value is -1.66. The molecule has 0 aliphatic carbocycles. The van der Waals surface area contributed by atoms with E-state index in [1.165, 1.54) is 16.7 Å². The van der Waals surface area contributed by atoms with Crippen molar-refractivity contribution in [3.8, 4) is 0 Å². The van der Waals surface area contributed by atoms with Gasteiger partial charge in [0.25, 0.3) is 0 Å². The van der Waals surface area contributed by atoms with E-state index < -0.39 is 9.84 Å². The molecule has 28 heavy (non-hydrogen) atoms. The number of aromatic nitrogens is 2. The summed E-state index contributed by atoms with van der Waals surface area (Å²) in [7, 11) is -0.794. The summed E-state index contributed by atoms with van der Waals surface area (Å²) in [6.07, 6.45) is 0.666. The number of nitrogens with zero attached hydrogens (tertiary/aromatic N) is 3. The van der Waals surface area contributed by atoms with Crippen LogP contribution in [0.15, 0.2) is 24.3 Å². The Morgan fingerprint density at radius 3 is 2.32 bits per heavy atom. The molecule has 0 radical (unpaired) electrons. The van der Waals surface area contributed by atoms with Crippen molar-refractivity contribution in [2.24, 2.45) is 0 Å². The predicted molar refractivity (Wildman–Crippen MR) is 114 cm³/mol. The Morgan fingerprint density at radius 2 is 1.79 bits per heavy atom. The molecular weight excluding hydrogens is 370 g/mol. The van der Waals surface area contributed by atoms with Crippen molar-refractivity contribution in [3.05, 3.63) is 52.3 Å². The maximum Gasteiger partial charge on any atom is 0.152 e. The third-order valence-electron chi connectivity index (χ3n) is 5.73. The molecule has 1 aliphatic rings. The second-order valence-corrected chi connectivity index (χ2v) is 11.5. The number of benzene rings is 1. The summed E-state index contributed by atoms with van der Waals surface area (Å²) in [5, 5.41) is 4.68. The lowest BCUT2D eigenvalue weighted by atomic mass is 9.87. The van der Waals surface area contributed by atoms with Crippen LogP contribution in [0.1, 0.15) is 61.3 Å². The van der Waals surface area contributed by atoms with Gasteiger partial charge in [0.15, 0.2) is 9.84 Å². The zero-order valence-electron chi connectivity index (χ0n) is 18.0. The third-order valence-corrected chi connectivity index (χ3v) is 7.48. The van der Waals surface area contributed by atoms with Gasteiger partial charge < -0.3 is 0 Å². The Balaban J connectivity index is 1.70. The standard InChI is InChI=1S/C22H33N3O2S/c1-16-21(17(2)25(23-16)20-11-12-28(26,27)15-20)14-24(6)13-18-7-9-19(10-8-18)22(3,4)5/h7-10,20H,11-15H2,1-6H3/t20-/m0/s1. The number of hydrogen-bond donors (Lipinski definition) is 0. The van der Waals surface area contributed by atoms with Gasteiger partial charge >= 0.3 is 0 Å². The van der Waals surface area contributed by atoms with Crippen molar-refractivity contribution in [2.45, 2.75) is 65.6 Å². The zero-order chi connectivity index (χ0) is 20.7. The van der Waals surface area contributed by atoms with E-state index in [-0.39, 0.29) is 23.0 Å². The van der Waals surface area contributed by atoms with Gasteiger partial charge in [-0.05, 0) is 43.9 Å². The van der Waals surface area contributed by atoms with Crippen molar-refractivity contribution >= 4 is 9.84 Å². The van der Waals surface area contributed by atoms with Gasteiger partial charge in [0.2, 0.25) is 0 Å². The quantitative estimate of drug-likeness (QED) is 0.762. The molecule has 5 nitrogen and oxygen atoms in total.